The second-order valence-corrected chi connectivity index (χ2v) is 8.23. The average molecular weight is 381 g/mol. The van der Waals surface area contributed by atoms with Crippen LogP contribution >= 0.6 is 0 Å². The van der Waals surface area contributed by atoms with Gasteiger partial charge >= 0.3 is 0 Å². The normalized spacial score (nSPS) is 11.7. The number of para-hydroxylation sites is 1. The van der Waals surface area contributed by atoms with E-state index < -0.39 is 0 Å². The number of aliphatic imine (C=N–C) groups is 1. The lowest BCUT2D eigenvalue weighted by molar-refractivity contribution is 0.0919. The Morgan fingerprint density at radius 3 is 2.46 bits per heavy atom. The maximum atomic E-state index is 12.8. The molecular formula is C24H32N2O2. The van der Waals surface area contributed by atoms with E-state index in [0.29, 0.717) is 5.56 Å². The SMILES string of the molecule is CCN(C)C=Nc1cc(C)c(C(=O)COc2ccccc2C(C)(C)C)cc1C. The van der Waals surface area contributed by atoms with Crippen LogP contribution in [-0.2, 0) is 5.41 Å². The fourth-order valence-electron chi connectivity index (χ4n) is 2.92. The Morgan fingerprint density at radius 2 is 1.82 bits per heavy atom. The molecule has 0 radical (unpaired) electrons. The van der Waals surface area contributed by atoms with Gasteiger partial charge < -0.3 is 9.64 Å². The number of carbonyl (C=O) groups is 1. The van der Waals surface area contributed by atoms with Crippen LogP contribution in [0.2, 0.25) is 0 Å². The first-order chi connectivity index (χ1) is 13.1. The van der Waals surface area contributed by atoms with Gasteiger partial charge in [-0.05, 0) is 61.1 Å². The molecule has 0 aliphatic rings. The Balaban J connectivity index is 2.18. The summed E-state index contributed by atoms with van der Waals surface area (Å²) in [6.45, 7) is 13.3. The number of Topliss-reactive ketones (excluding diaryl/α,β-unsaturated/α-hetero) is 1. The molecule has 2 rings (SSSR count). The summed E-state index contributed by atoms with van der Waals surface area (Å²) in [5, 5.41) is 0. The van der Waals surface area contributed by atoms with Gasteiger partial charge in [-0.2, -0.15) is 0 Å². The smallest absolute Gasteiger partial charge is 0.200 e. The molecule has 0 saturated heterocycles. The number of hydrogen-bond donors (Lipinski definition) is 0. The van der Waals surface area contributed by atoms with E-state index in [-0.39, 0.29) is 17.8 Å². The maximum absolute atomic E-state index is 12.8. The van der Waals surface area contributed by atoms with Crippen molar-refractivity contribution in [2.24, 2.45) is 4.99 Å². The molecule has 150 valence electrons. The fraction of sp³-hybridized carbons (Fsp3) is 0.417. The van der Waals surface area contributed by atoms with E-state index in [2.05, 4.69) is 38.8 Å². The number of rotatable bonds is 7. The van der Waals surface area contributed by atoms with Gasteiger partial charge in [-0.1, -0.05) is 39.0 Å². The lowest BCUT2D eigenvalue weighted by atomic mass is 9.86. The van der Waals surface area contributed by atoms with Crippen molar-refractivity contribution >= 4 is 17.8 Å². The zero-order valence-electron chi connectivity index (χ0n) is 18.2. The third kappa shape index (κ3) is 5.44. The topological polar surface area (TPSA) is 41.9 Å². The number of benzene rings is 2. The molecule has 0 fully saturated rings. The molecule has 0 atom stereocenters. The number of ether oxygens (including phenoxy) is 1. The van der Waals surface area contributed by atoms with Crippen molar-refractivity contribution in [3.8, 4) is 5.75 Å². The fourth-order valence-corrected chi connectivity index (χ4v) is 2.92. The number of aryl methyl sites for hydroxylation is 2. The minimum Gasteiger partial charge on any atom is -0.485 e. The minimum absolute atomic E-state index is 0.0224. The second kappa shape index (κ2) is 9.05. The highest BCUT2D eigenvalue weighted by molar-refractivity contribution is 5.99. The van der Waals surface area contributed by atoms with Gasteiger partial charge in [0.2, 0.25) is 0 Å². The van der Waals surface area contributed by atoms with Crippen LogP contribution in [0, 0.1) is 13.8 Å². The summed E-state index contributed by atoms with van der Waals surface area (Å²) in [5.74, 6) is 0.743. The molecular weight excluding hydrogens is 348 g/mol. The number of hydrogen-bond acceptors (Lipinski definition) is 3. The van der Waals surface area contributed by atoms with Crippen molar-refractivity contribution in [3.05, 3.63) is 58.7 Å². The molecule has 0 aliphatic carbocycles. The molecule has 2 aromatic carbocycles. The predicted octanol–water partition coefficient (Wildman–Crippen LogP) is 5.47. The van der Waals surface area contributed by atoms with Gasteiger partial charge in [0.1, 0.15) is 5.75 Å². The molecule has 0 spiro atoms. The van der Waals surface area contributed by atoms with E-state index in [1.807, 2.05) is 62.5 Å². The zero-order valence-corrected chi connectivity index (χ0v) is 18.2. The van der Waals surface area contributed by atoms with Crippen molar-refractivity contribution in [1.82, 2.24) is 4.90 Å². The first-order valence-corrected chi connectivity index (χ1v) is 9.74. The first-order valence-electron chi connectivity index (χ1n) is 9.74. The van der Waals surface area contributed by atoms with Crippen molar-refractivity contribution < 1.29 is 9.53 Å². The van der Waals surface area contributed by atoms with Gasteiger partial charge in [-0.3, -0.25) is 4.79 Å². The van der Waals surface area contributed by atoms with Crippen molar-refractivity contribution in [1.29, 1.82) is 0 Å². The van der Waals surface area contributed by atoms with E-state index >= 15 is 0 Å². The Bertz CT molecular complexity index is 863. The zero-order chi connectivity index (χ0) is 20.9. The average Bonchev–Trinajstić information content (AvgIpc) is 2.65. The van der Waals surface area contributed by atoms with Crippen LogP contribution in [-0.4, -0.2) is 37.2 Å². The molecule has 0 amide bonds. The monoisotopic (exact) mass is 380 g/mol. The first kappa shape index (κ1) is 21.7. The summed E-state index contributed by atoms with van der Waals surface area (Å²) in [5.41, 5.74) is 4.51. The van der Waals surface area contributed by atoms with Crippen LogP contribution in [0.4, 0.5) is 5.69 Å². The summed E-state index contributed by atoms with van der Waals surface area (Å²) in [7, 11) is 1.98. The van der Waals surface area contributed by atoms with Crippen LogP contribution < -0.4 is 4.74 Å². The lowest BCUT2D eigenvalue weighted by Crippen LogP contribution is -2.17. The van der Waals surface area contributed by atoms with Gasteiger partial charge in [-0.15, -0.1) is 0 Å². The molecule has 0 N–H and O–H groups in total. The summed E-state index contributed by atoms with van der Waals surface area (Å²) >= 11 is 0. The van der Waals surface area contributed by atoms with E-state index in [9.17, 15) is 4.79 Å². The third-order valence-electron chi connectivity index (χ3n) is 4.79. The molecule has 0 unspecified atom stereocenters. The number of nitrogens with zero attached hydrogens (tertiary/aromatic N) is 2. The van der Waals surface area contributed by atoms with Gasteiger partial charge in [0, 0.05) is 19.2 Å². The molecule has 0 bridgehead atoms. The standard InChI is InChI=1S/C24H32N2O2/c1-8-26(7)16-25-21-14-17(2)19(13-18(21)3)22(27)15-28-23-12-10-9-11-20(23)24(4,5)6/h9-14,16H,8,15H2,1-7H3. The highest BCUT2D eigenvalue weighted by Gasteiger charge is 2.19. The van der Waals surface area contributed by atoms with E-state index in [1.54, 1.807) is 0 Å². The highest BCUT2D eigenvalue weighted by Crippen LogP contribution is 2.31. The molecule has 28 heavy (non-hydrogen) atoms. The van der Waals surface area contributed by atoms with E-state index in [0.717, 1.165) is 34.7 Å². The Kier molecular flexibility index (Phi) is 7.00. The van der Waals surface area contributed by atoms with Crippen molar-refractivity contribution in [3.63, 3.8) is 0 Å². The predicted molar refractivity (Wildman–Crippen MR) is 117 cm³/mol. The summed E-state index contributed by atoms with van der Waals surface area (Å²) in [6, 6.07) is 11.8. The molecule has 0 aliphatic heterocycles. The summed E-state index contributed by atoms with van der Waals surface area (Å²) < 4.78 is 5.91. The van der Waals surface area contributed by atoms with E-state index in [1.165, 1.54) is 0 Å². The van der Waals surface area contributed by atoms with Gasteiger partial charge in [0.15, 0.2) is 12.4 Å². The lowest BCUT2D eigenvalue weighted by Gasteiger charge is -2.22. The molecule has 0 aromatic heterocycles. The molecule has 2 aromatic rings. The van der Waals surface area contributed by atoms with Gasteiger partial charge in [-0.25, -0.2) is 4.99 Å². The Morgan fingerprint density at radius 1 is 1.14 bits per heavy atom. The van der Waals surface area contributed by atoms with Crippen molar-refractivity contribution in [2.75, 3.05) is 20.2 Å². The number of carbonyl (C=O) groups excluding carboxylic acids is 1. The van der Waals surface area contributed by atoms with Crippen LogP contribution in [0.15, 0.2) is 41.4 Å². The summed E-state index contributed by atoms with van der Waals surface area (Å²) in [6.07, 6.45) is 1.82. The highest BCUT2D eigenvalue weighted by atomic mass is 16.5. The van der Waals surface area contributed by atoms with Crippen molar-refractivity contribution in [2.45, 2.75) is 47.0 Å². The molecule has 4 heteroatoms. The largest absolute Gasteiger partial charge is 0.485 e. The third-order valence-corrected chi connectivity index (χ3v) is 4.79. The van der Waals surface area contributed by atoms with Crippen LogP contribution in [0.5, 0.6) is 5.75 Å². The van der Waals surface area contributed by atoms with Crippen LogP contribution in [0.3, 0.4) is 0 Å². The quantitative estimate of drug-likeness (QED) is 0.363. The maximum Gasteiger partial charge on any atom is 0.200 e. The van der Waals surface area contributed by atoms with Crippen LogP contribution in [0.25, 0.3) is 0 Å². The van der Waals surface area contributed by atoms with Gasteiger partial charge in [0.05, 0.1) is 12.0 Å². The van der Waals surface area contributed by atoms with Gasteiger partial charge in [0.25, 0.3) is 0 Å². The Labute approximate surface area is 169 Å². The Hall–Kier alpha value is -2.62. The van der Waals surface area contributed by atoms with Crippen LogP contribution in [0.1, 0.15) is 54.7 Å². The molecule has 4 nitrogen and oxygen atoms in total. The molecule has 0 heterocycles. The van der Waals surface area contributed by atoms with E-state index in [4.69, 9.17) is 4.74 Å². The summed E-state index contributed by atoms with van der Waals surface area (Å²) in [4.78, 5) is 19.3. The molecule has 0 saturated carbocycles. The minimum atomic E-state index is -0.0442. The second-order valence-electron chi connectivity index (χ2n) is 8.23. The number of ketones is 1.